The number of rotatable bonds is 7. The molecule has 0 aromatic heterocycles. The second-order valence-corrected chi connectivity index (χ2v) is 11.1. The third kappa shape index (κ3) is 6.03. The van der Waals surface area contributed by atoms with Gasteiger partial charge in [-0.1, -0.05) is 34.1 Å². The number of ether oxygens (including phenoxy) is 3. The molecule has 0 unspecified atom stereocenters. The van der Waals surface area contributed by atoms with E-state index in [0.29, 0.717) is 24.7 Å². The molecule has 174 valence electrons. The number of hydrogen-bond acceptors (Lipinski definition) is 5. The molecule has 0 aliphatic carbocycles. The first-order valence-corrected chi connectivity index (χ1v) is 13.9. The van der Waals surface area contributed by atoms with E-state index < -0.39 is 5.97 Å². The SMILES string of the molecule is CCOc1cc(/C=C2\N=C(c3ccc(I)c(Br)c3)OC2=O)cc(I)c1OCc1ccccc1Br. The zero-order valence-electron chi connectivity index (χ0n) is 17.8. The second kappa shape index (κ2) is 11.5. The van der Waals surface area contributed by atoms with Gasteiger partial charge in [-0.15, -0.1) is 0 Å². The zero-order chi connectivity index (χ0) is 24.2. The van der Waals surface area contributed by atoms with Crippen molar-refractivity contribution in [2.75, 3.05) is 6.61 Å². The number of hydrogen-bond donors (Lipinski definition) is 0. The van der Waals surface area contributed by atoms with Crippen LogP contribution >= 0.6 is 77.0 Å². The second-order valence-electron chi connectivity index (χ2n) is 7.11. The predicted molar refractivity (Wildman–Crippen MR) is 156 cm³/mol. The van der Waals surface area contributed by atoms with E-state index in [-0.39, 0.29) is 11.6 Å². The highest BCUT2D eigenvalue weighted by molar-refractivity contribution is 14.1. The fourth-order valence-electron chi connectivity index (χ4n) is 3.16. The van der Waals surface area contributed by atoms with Gasteiger partial charge >= 0.3 is 5.97 Å². The molecule has 9 heteroatoms. The first-order valence-electron chi connectivity index (χ1n) is 10.2. The molecule has 0 radical (unpaired) electrons. The Morgan fingerprint density at radius 2 is 1.79 bits per heavy atom. The highest BCUT2D eigenvalue weighted by Gasteiger charge is 2.25. The Morgan fingerprint density at radius 1 is 1.00 bits per heavy atom. The standard InChI is InChI=1S/C25H17Br2I2NO4/c1-2-32-22-11-14(9-20(29)23(22)33-13-16-5-3-4-6-17(16)26)10-21-25(31)34-24(30-21)15-7-8-19(28)18(27)12-15/h3-12H,2,13H2,1H3/b21-10-. The first kappa shape index (κ1) is 25.6. The maximum absolute atomic E-state index is 12.5. The van der Waals surface area contributed by atoms with Crippen molar-refractivity contribution in [3.05, 3.63) is 93.1 Å². The molecule has 3 aromatic rings. The van der Waals surface area contributed by atoms with Crippen LogP contribution in [-0.4, -0.2) is 18.5 Å². The molecule has 0 saturated heterocycles. The normalized spacial score (nSPS) is 14.2. The lowest BCUT2D eigenvalue weighted by atomic mass is 10.1. The maximum Gasteiger partial charge on any atom is 0.363 e. The number of esters is 1. The van der Waals surface area contributed by atoms with Crippen LogP contribution in [0.25, 0.3) is 6.08 Å². The van der Waals surface area contributed by atoms with Crippen molar-refractivity contribution in [1.29, 1.82) is 0 Å². The lowest BCUT2D eigenvalue weighted by Crippen LogP contribution is -2.05. The average Bonchev–Trinajstić information content (AvgIpc) is 3.16. The van der Waals surface area contributed by atoms with E-state index in [4.69, 9.17) is 14.2 Å². The summed E-state index contributed by atoms with van der Waals surface area (Å²) < 4.78 is 21.2. The quantitative estimate of drug-likeness (QED) is 0.139. The minimum Gasteiger partial charge on any atom is -0.490 e. The Kier molecular flexibility index (Phi) is 8.70. The van der Waals surface area contributed by atoms with Crippen LogP contribution in [-0.2, 0) is 16.1 Å². The van der Waals surface area contributed by atoms with E-state index >= 15 is 0 Å². The number of carbonyl (C=O) groups excluding carboxylic acids is 1. The topological polar surface area (TPSA) is 57.1 Å². The summed E-state index contributed by atoms with van der Waals surface area (Å²) in [5, 5.41) is 0. The Labute approximate surface area is 241 Å². The van der Waals surface area contributed by atoms with Crippen molar-refractivity contribution >= 4 is 95.0 Å². The smallest absolute Gasteiger partial charge is 0.363 e. The number of halogens is 4. The van der Waals surface area contributed by atoms with Crippen molar-refractivity contribution in [2.24, 2.45) is 4.99 Å². The highest BCUT2D eigenvalue weighted by Crippen LogP contribution is 2.36. The number of aliphatic imine (C=N–C) groups is 1. The molecule has 0 fully saturated rings. The largest absolute Gasteiger partial charge is 0.490 e. The third-order valence-electron chi connectivity index (χ3n) is 4.75. The molecule has 34 heavy (non-hydrogen) atoms. The van der Waals surface area contributed by atoms with Crippen LogP contribution < -0.4 is 9.47 Å². The first-order chi connectivity index (χ1) is 16.4. The molecule has 1 aliphatic rings. The molecule has 3 aromatic carbocycles. The van der Waals surface area contributed by atoms with Gasteiger partial charge in [0.05, 0.1) is 10.2 Å². The van der Waals surface area contributed by atoms with E-state index in [1.54, 1.807) is 6.08 Å². The van der Waals surface area contributed by atoms with Gasteiger partial charge in [-0.05, 0) is 116 Å². The van der Waals surface area contributed by atoms with Crippen molar-refractivity contribution in [1.82, 2.24) is 0 Å². The number of carbonyl (C=O) groups is 1. The van der Waals surface area contributed by atoms with Gasteiger partial charge in [0.2, 0.25) is 5.90 Å². The van der Waals surface area contributed by atoms with E-state index in [2.05, 4.69) is 82.0 Å². The van der Waals surface area contributed by atoms with Crippen LogP contribution in [0.3, 0.4) is 0 Å². The van der Waals surface area contributed by atoms with Crippen molar-refractivity contribution < 1.29 is 19.0 Å². The van der Waals surface area contributed by atoms with E-state index in [1.165, 1.54) is 0 Å². The van der Waals surface area contributed by atoms with Crippen LogP contribution in [0.1, 0.15) is 23.6 Å². The molecule has 0 bridgehead atoms. The molecule has 0 spiro atoms. The van der Waals surface area contributed by atoms with Gasteiger partial charge in [-0.25, -0.2) is 9.79 Å². The van der Waals surface area contributed by atoms with Gasteiger partial charge in [-0.2, -0.15) is 0 Å². The summed E-state index contributed by atoms with van der Waals surface area (Å²) in [5.41, 5.74) is 2.75. The van der Waals surface area contributed by atoms with E-state index in [9.17, 15) is 4.79 Å². The number of nitrogens with zero attached hydrogens (tertiary/aromatic N) is 1. The van der Waals surface area contributed by atoms with Crippen LogP contribution in [0.5, 0.6) is 11.5 Å². The summed E-state index contributed by atoms with van der Waals surface area (Å²) in [6.07, 6.45) is 1.69. The van der Waals surface area contributed by atoms with Crippen molar-refractivity contribution in [3.8, 4) is 11.5 Å². The summed E-state index contributed by atoms with van der Waals surface area (Å²) in [7, 11) is 0. The molecule has 0 atom stereocenters. The van der Waals surface area contributed by atoms with Crippen LogP contribution in [0, 0.1) is 7.14 Å². The molecular formula is C25H17Br2I2NO4. The summed E-state index contributed by atoms with van der Waals surface area (Å²) >= 11 is 11.5. The Hall–Kier alpha value is -1.44. The predicted octanol–water partition coefficient (Wildman–Crippen LogP) is 7.74. The van der Waals surface area contributed by atoms with Gasteiger partial charge in [0, 0.05) is 23.6 Å². The van der Waals surface area contributed by atoms with Crippen LogP contribution in [0.15, 0.2) is 74.2 Å². The van der Waals surface area contributed by atoms with Crippen LogP contribution in [0.4, 0.5) is 0 Å². The summed E-state index contributed by atoms with van der Waals surface area (Å²) in [6.45, 7) is 2.79. The minimum atomic E-state index is -0.494. The zero-order valence-corrected chi connectivity index (χ0v) is 25.3. The molecular weight excluding hydrogens is 792 g/mol. The summed E-state index contributed by atoms with van der Waals surface area (Å²) in [5.74, 6) is 1.04. The molecule has 5 nitrogen and oxygen atoms in total. The fourth-order valence-corrected chi connectivity index (χ4v) is 5.05. The minimum absolute atomic E-state index is 0.227. The van der Waals surface area contributed by atoms with E-state index in [0.717, 1.165) is 32.8 Å². The molecule has 0 N–H and O–H groups in total. The maximum atomic E-state index is 12.5. The van der Waals surface area contributed by atoms with Gasteiger partial charge in [-0.3, -0.25) is 0 Å². The van der Waals surface area contributed by atoms with Gasteiger partial charge in [0.1, 0.15) is 6.61 Å². The molecule has 0 amide bonds. The third-order valence-corrected chi connectivity index (χ3v) is 8.66. The molecule has 4 rings (SSSR count). The monoisotopic (exact) mass is 807 g/mol. The molecule has 0 saturated carbocycles. The van der Waals surface area contributed by atoms with Crippen molar-refractivity contribution in [3.63, 3.8) is 0 Å². The lowest BCUT2D eigenvalue weighted by Gasteiger charge is -2.15. The summed E-state index contributed by atoms with van der Waals surface area (Å²) in [6, 6.07) is 17.4. The molecule has 1 aliphatic heterocycles. The lowest BCUT2D eigenvalue weighted by molar-refractivity contribution is -0.129. The molecule has 1 heterocycles. The van der Waals surface area contributed by atoms with E-state index in [1.807, 2.05) is 61.5 Å². The fraction of sp³-hybridized carbons (Fsp3) is 0.120. The number of cyclic esters (lactones) is 1. The average molecular weight is 809 g/mol. The Morgan fingerprint density at radius 3 is 2.53 bits per heavy atom. The Balaban J connectivity index is 1.62. The van der Waals surface area contributed by atoms with Gasteiger partial charge in [0.25, 0.3) is 0 Å². The van der Waals surface area contributed by atoms with Crippen molar-refractivity contribution in [2.45, 2.75) is 13.5 Å². The Bertz CT molecular complexity index is 1320. The van der Waals surface area contributed by atoms with Crippen LogP contribution in [0.2, 0.25) is 0 Å². The number of benzene rings is 3. The summed E-state index contributed by atoms with van der Waals surface area (Å²) in [4.78, 5) is 16.9. The van der Waals surface area contributed by atoms with Gasteiger partial charge < -0.3 is 14.2 Å². The highest BCUT2D eigenvalue weighted by atomic mass is 127. The van der Waals surface area contributed by atoms with Gasteiger partial charge in [0.15, 0.2) is 17.2 Å².